The van der Waals surface area contributed by atoms with Crippen LogP contribution in [0, 0.1) is 11.3 Å². The SMILES string of the molecule is N#Cc1cccc(C(=O)Nc2ccc(Nc3ccccc3)cc2)c1. The fourth-order valence-corrected chi connectivity index (χ4v) is 2.26. The summed E-state index contributed by atoms with van der Waals surface area (Å²) in [5.74, 6) is -0.240. The standard InChI is InChI=1S/C20H15N3O/c21-14-15-5-4-6-16(13-15)20(24)23-19-11-9-18(10-12-19)22-17-7-2-1-3-8-17/h1-13,22H,(H,23,24). The van der Waals surface area contributed by atoms with E-state index < -0.39 is 0 Å². The van der Waals surface area contributed by atoms with E-state index in [-0.39, 0.29) is 5.91 Å². The second-order valence-electron chi connectivity index (χ2n) is 5.22. The Balaban J connectivity index is 1.67. The molecule has 0 fully saturated rings. The molecule has 4 heteroatoms. The molecule has 0 spiro atoms. The first-order valence-electron chi connectivity index (χ1n) is 7.48. The van der Waals surface area contributed by atoms with Gasteiger partial charge in [0.05, 0.1) is 11.6 Å². The number of amides is 1. The van der Waals surface area contributed by atoms with Crippen LogP contribution in [0.3, 0.4) is 0 Å². The predicted octanol–water partition coefficient (Wildman–Crippen LogP) is 4.55. The molecule has 3 rings (SSSR count). The van der Waals surface area contributed by atoms with Gasteiger partial charge >= 0.3 is 0 Å². The highest BCUT2D eigenvalue weighted by Gasteiger charge is 2.06. The van der Waals surface area contributed by atoms with Gasteiger partial charge in [0, 0.05) is 22.6 Å². The topological polar surface area (TPSA) is 64.9 Å². The number of carbonyl (C=O) groups excluding carboxylic acids is 1. The highest BCUT2D eigenvalue weighted by molar-refractivity contribution is 6.04. The van der Waals surface area contributed by atoms with Gasteiger partial charge in [-0.1, -0.05) is 24.3 Å². The average molecular weight is 313 g/mol. The zero-order chi connectivity index (χ0) is 16.8. The number of nitrogens with one attached hydrogen (secondary N) is 2. The van der Waals surface area contributed by atoms with Crippen molar-refractivity contribution in [2.75, 3.05) is 10.6 Å². The Kier molecular flexibility index (Phi) is 4.55. The van der Waals surface area contributed by atoms with Gasteiger partial charge in [0.2, 0.25) is 0 Å². The molecule has 3 aromatic rings. The number of hydrogen-bond acceptors (Lipinski definition) is 3. The molecule has 116 valence electrons. The van der Waals surface area contributed by atoms with Crippen LogP contribution >= 0.6 is 0 Å². The van der Waals surface area contributed by atoms with Crippen molar-refractivity contribution < 1.29 is 4.79 Å². The molecule has 2 N–H and O–H groups in total. The number of hydrogen-bond donors (Lipinski definition) is 2. The van der Waals surface area contributed by atoms with Crippen LogP contribution in [0.1, 0.15) is 15.9 Å². The molecule has 0 bridgehead atoms. The van der Waals surface area contributed by atoms with Crippen molar-refractivity contribution in [1.82, 2.24) is 0 Å². The van der Waals surface area contributed by atoms with Crippen LogP contribution in [0.15, 0.2) is 78.9 Å². The van der Waals surface area contributed by atoms with E-state index in [0.29, 0.717) is 16.8 Å². The molecule has 0 radical (unpaired) electrons. The summed E-state index contributed by atoms with van der Waals surface area (Å²) in [7, 11) is 0. The highest BCUT2D eigenvalue weighted by atomic mass is 16.1. The van der Waals surface area contributed by atoms with Crippen LogP contribution in [0.2, 0.25) is 0 Å². The first kappa shape index (κ1) is 15.3. The molecule has 0 saturated carbocycles. The van der Waals surface area contributed by atoms with Gasteiger partial charge in [-0.3, -0.25) is 4.79 Å². The van der Waals surface area contributed by atoms with Crippen molar-refractivity contribution in [3.8, 4) is 6.07 Å². The Morgan fingerprint density at radius 1 is 0.792 bits per heavy atom. The van der Waals surface area contributed by atoms with Crippen molar-refractivity contribution in [2.45, 2.75) is 0 Å². The van der Waals surface area contributed by atoms with Crippen LogP contribution in [-0.4, -0.2) is 5.91 Å². The summed E-state index contributed by atoms with van der Waals surface area (Å²) in [4.78, 5) is 12.2. The third-order valence-corrected chi connectivity index (χ3v) is 3.46. The summed E-state index contributed by atoms with van der Waals surface area (Å²) < 4.78 is 0. The number of anilines is 3. The minimum Gasteiger partial charge on any atom is -0.356 e. The maximum atomic E-state index is 12.2. The summed E-state index contributed by atoms with van der Waals surface area (Å²) in [5, 5.41) is 15.0. The van der Waals surface area contributed by atoms with E-state index in [4.69, 9.17) is 5.26 Å². The number of rotatable bonds is 4. The summed E-state index contributed by atoms with van der Waals surface area (Å²) in [5.41, 5.74) is 3.56. The fraction of sp³-hybridized carbons (Fsp3) is 0. The second-order valence-corrected chi connectivity index (χ2v) is 5.22. The normalized spacial score (nSPS) is 9.79. The number of carbonyl (C=O) groups is 1. The van der Waals surface area contributed by atoms with Crippen molar-refractivity contribution in [1.29, 1.82) is 5.26 Å². The van der Waals surface area contributed by atoms with Gasteiger partial charge in [-0.2, -0.15) is 5.26 Å². The Labute approximate surface area is 140 Å². The monoisotopic (exact) mass is 313 g/mol. The summed E-state index contributed by atoms with van der Waals surface area (Å²) >= 11 is 0. The van der Waals surface area contributed by atoms with E-state index >= 15 is 0 Å². The second kappa shape index (κ2) is 7.12. The van der Waals surface area contributed by atoms with Crippen LogP contribution < -0.4 is 10.6 Å². The number of nitrogens with zero attached hydrogens (tertiary/aromatic N) is 1. The number of nitriles is 1. The summed E-state index contributed by atoms with van der Waals surface area (Å²) in [6, 6.07) is 26.0. The van der Waals surface area contributed by atoms with Gasteiger partial charge in [-0.05, 0) is 54.6 Å². The number of para-hydroxylation sites is 1. The molecule has 0 heterocycles. The molecule has 4 nitrogen and oxygen atoms in total. The van der Waals surface area contributed by atoms with E-state index in [1.807, 2.05) is 60.7 Å². The minimum atomic E-state index is -0.240. The molecule has 0 aromatic heterocycles. The van der Waals surface area contributed by atoms with Gasteiger partial charge in [0.1, 0.15) is 0 Å². The molecule has 0 aliphatic rings. The van der Waals surface area contributed by atoms with E-state index in [0.717, 1.165) is 11.4 Å². The lowest BCUT2D eigenvalue weighted by molar-refractivity contribution is 0.102. The molecule has 0 saturated heterocycles. The molecule has 0 unspecified atom stereocenters. The van der Waals surface area contributed by atoms with Crippen molar-refractivity contribution in [3.63, 3.8) is 0 Å². The Morgan fingerprint density at radius 3 is 2.17 bits per heavy atom. The lowest BCUT2D eigenvalue weighted by Gasteiger charge is -2.09. The van der Waals surface area contributed by atoms with E-state index in [1.165, 1.54) is 0 Å². The van der Waals surface area contributed by atoms with E-state index in [2.05, 4.69) is 10.6 Å². The average Bonchev–Trinajstić information content (AvgIpc) is 2.64. The minimum absolute atomic E-state index is 0.240. The quantitative estimate of drug-likeness (QED) is 0.742. The molecule has 0 aliphatic carbocycles. The third kappa shape index (κ3) is 3.79. The van der Waals surface area contributed by atoms with Gasteiger partial charge in [0.15, 0.2) is 0 Å². The fourth-order valence-electron chi connectivity index (χ4n) is 2.26. The van der Waals surface area contributed by atoms with Crippen molar-refractivity contribution in [2.24, 2.45) is 0 Å². The predicted molar refractivity (Wildman–Crippen MR) is 95.3 cm³/mol. The molecule has 0 aliphatic heterocycles. The van der Waals surface area contributed by atoms with Crippen LogP contribution in [0.4, 0.5) is 17.1 Å². The maximum absolute atomic E-state index is 12.2. The van der Waals surface area contributed by atoms with Gasteiger partial charge in [0.25, 0.3) is 5.91 Å². The lowest BCUT2D eigenvalue weighted by Crippen LogP contribution is -2.11. The Bertz CT molecular complexity index is 881. The van der Waals surface area contributed by atoms with Crippen molar-refractivity contribution in [3.05, 3.63) is 90.0 Å². The summed E-state index contributed by atoms with van der Waals surface area (Å²) in [6.45, 7) is 0. The zero-order valence-electron chi connectivity index (χ0n) is 12.9. The van der Waals surface area contributed by atoms with Gasteiger partial charge in [-0.25, -0.2) is 0 Å². The first-order chi connectivity index (χ1) is 11.7. The van der Waals surface area contributed by atoms with Crippen molar-refractivity contribution >= 4 is 23.0 Å². The molecule has 1 amide bonds. The summed E-state index contributed by atoms with van der Waals surface area (Å²) in [6.07, 6.45) is 0. The van der Waals surface area contributed by atoms with Crippen LogP contribution in [-0.2, 0) is 0 Å². The molecule has 0 atom stereocenters. The molecule has 24 heavy (non-hydrogen) atoms. The smallest absolute Gasteiger partial charge is 0.255 e. The van der Waals surface area contributed by atoms with E-state index in [9.17, 15) is 4.79 Å². The van der Waals surface area contributed by atoms with Crippen LogP contribution in [0.25, 0.3) is 0 Å². The van der Waals surface area contributed by atoms with Gasteiger partial charge < -0.3 is 10.6 Å². The Morgan fingerprint density at radius 2 is 1.46 bits per heavy atom. The van der Waals surface area contributed by atoms with E-state index in [1.54, 1.807) is 24.3 Å². The van der Waals surface area contributed by atoms with Gasteiger partial charge in [-0.15, -0.1) is 0 Å². The largest absolute Gasteiger partial charge is 0.356 e. The third-order valence-electron chi connectivity index (χ3n) is 3.46. The zero-order valence-corrected chi connectivity index (χ0v) is 12.9. The van der Waals surface area contributed by atoms with Crippen LogP contribution in [0.5, 0.6) is 0 Å². The Hall–Kier alpha value is -3.58. The first-order valence-corrected chi connectivity index (χ1v) is 7.48. The lowest BCUT2D eigenvalue weighted by atomic mass is 10.1. The molecular weight excluding hydrogens is 298 g/mol. The molecule has 3 aromatic carbocycles. The number of benzene rings is 3. The highest BCUT2D eigenvalue weighted by Crippen LogP contribution is 2.19. The molecular formula is C20H15N3O. The maximum Gasteiger partial charge on any atom is 0.255 e.